The summed E-state index contributed by atoms with van der Waals surface area (Å²) in [6.07, 6.45) is 0.975. The standard InChI is InChI=1S/C13H20N2O4/c1-3-6-18-7-8-19-13-5-4-12(15(16)17)9-11(13)10-14-2/h4-5,9,14H,3,6-8,10H2,1-2H3. The SMILES string of the molecule is CCCOCCOc1ccc([N+](=O)[O-])cc1CNC. The molecule has 0 fully saturated rings. The molecule has 1 N–H and O–H groups in total. The molecule has 0 amide bonds. The Bertz CT molecular complexity index is 410. The highest BCUT2D eigenvalue weighted by Crippen LogP contribution is 2.24. The lowest BCUT2D eigenvalue weighted by Crippen LogP contribution is -2.11. The van der Waals surface area contributed by atoms with Crippen LogP contribution < -0.4 is 10.1 Å². The van der Waals surface area contributed by atoms with Crippen LogP contribution in [0.15, 0.2) is 18.2 Å². The summed E-state index contributed by atoms with van der Waals surface area (Å²) < 4.78 is 10.9. The van der Waals surface area contributed by atoms with Crippen LogP contribution in [0.25, 0.3) is 0 Å². The molecule has 0 heterocycles. The van der Waals surface area contributed by atoms with Crippen LogP contribution in [0, 0.1) is 10.1 Å². The summed E-state index contributed by atoms with van der Waals surface area (Å²) in [5.41, 5.74) is 0.840. The fourth-order valence-corrected chi connectivity index (χ4v) is 1.61. The number of nitro groups is 1. The van der Waals surface area contributed by atoms with Crippen molar-refractivity contribution in [3.63, 3.8) is 0 Å². The fraction of sp³-hybridized carbons (Fsp3) is 0.538. The molecule has 6 heteroatoms. The highest BCUT2D eigenvalue weighted by molar-refractivity contribution is 5.43. The van der Waals surface area contributed by atoms with Crippen molar-refractivity contribution in [3.8, 4) is 5.75 Å². The number of ether oxygens (including phenoxy) is 2. The monoisotopic (exact) mass is 268 g/mol. The van der Waals surface area contributed by atoms with Crippen LogP contribution in [0.2, 0.25) is 0 Å². The minimum Gasteiger partial charge on any atom is -0.491 e. The average Bonchev–Trinajstić information content (AvgIpc) is 2.40. The van der Waals surface area contributed by atoms with E-state index in [1.165, 1.54) is 12.1 Å². The Labute approximate surface area is 112 Å². The maximum atomic E-state index is 10.7. The van der Waals surface area contributed by atoms with Gasteiger partial charge < -0.3 is 14.8 Å². The van der Waals surface area contributed by atoms with Crippen molar-refractivity contribution in [2.45, 2.75) is 19.9 Å². The minimum absolute atomic E-state index is 0.0693. The first-order chi connectivity index (χ1) is 9.19. The van der Waals surface area contributed by atoms with Gasteiger partial charge in [-0.1, -0.05) is 6.92 Å². The van der Waals surface area contributed by atoms with E-state index in [9.17, 15) is 10.1 Å². The van der Waals surface area contributed by atoms with E-state index >= 15 is 0 Å². The molecule has 0 spiro atoms. The van der Waals surface area contributed by atoms with Crippen LogP contribution in [0.3, 0.4) is 0 Å². The Morgan fingerprint density at radius 3 is 2.74 bits per heavy atom. The zero-order valence-corrected chi connectivity index (χ0v) is 11.3. The van der Waals surface area contributed by atoms with Gasteiger partial charge in [-0.3, -0.25) is 10.1 Å². The van der Waals surface area contributed by atoms with Crippen LogP contribution in [0.4, 0.5) is 5.69 Å². The highest BCUT2D eigenvalue weighted by Gasteiger charge is 2.11. The summed E-state index contributed by atoms with van der Waals surface area (Å²) in [6, 6.07) is 4.60. The molecule has 0 atom stereocenters. The fourth-order valence-electron chi connectivity index (χ4n) is 1.61. The van der Waals surface area contributed by atoms with E-state index in [-0.39, 0.29) is 5.69 Å². The Kier molecular flexibility index (Phi) is 6.84. The van der Waals surface area contributed by atoms with E-state index in [1.54, 1.807) is 13.1 Å². The van der Waals surface area contributed by atoms with Crippen LogP contribution in [-0.2, 0) is 11.3 Å². The van der Waals surface area contributed by atoms with Gasteiger partial charge in [0.15, 0.2) is 0 Å². The smallest absolute Gasteiger partial charge is 0.270 e. The molecule has 0 aliphatic rings. The molecule has 0 radical (unpaired) electrons. The largest absolute Gasteiger partial charge is 0.491 e. The molecular weight excluding hydrogens is 248 g/mol. The lowest BCUT2D eigenvalue weighted by atomic mass is 10.2. The van der Waals surface area contributed by atoms with Crippen molar-refractivity contribution in [3.05, 3.63) is 33.9 Å². The average molecular weight is 268 g/mol. The van der Waals surface area contributed by atoms with Crippen LogP contribution in [0.5, 0.6) is 5.75 Å². The normalized spacial score (nSPS) is 10.4. The summed E-state index contributed by atoms with van der Waals surface area (Å²) in [5, 5.41) is 13.7. The van der Waals surface area contributed by atoms with Gasteiger partial charge >= 0.3 is 0 Å². The molecule has 106 valence electrons. The molecule has 0 aliphatic heterocycles. The molecule has 0 saturated heterocycles. The second kappa shape index (κ2) is 8.44. The van der Waals surface area contributed by atoms with E-state index in [4.69, 9.17) is 9.47 Å². The molecular formula is C13H20N2O4. The van der Waals surface area contributed by atoms with Gasteiger partial charge in [0.05, 0.1) is 11.5 Å². The Morgan fingerprint density at radius 1 is 1.32 bits per heavy atom. The van der Waals surface area contributed by atoms with E-state index in [2.05, 4.69) is 5.32 Å². The third-order valence-electron chi connectivity index (χ3n) is 2.46. The minimum atomic E-state index is -0.409. The summed E-state index contributed by atoms with van der Waals surface area (Å²) >= 11 is 0. The predicted octanol–water partition coefficient (Wildman–Crippen LogP) is 2.12. The first-order valence-corrected chi connectivity index (χ1v) is 6.31. The Morgan fingerprint density at radius 2 is 2.11 bits per heavy atom. The molecule has 0 bridgehead atoms. The number of hydrogen-bond acceptors (Lipinski definition) is 5. The number of non-ortho nitro benzene ring substituents is 1. The zero-order chi connectivity index (χ0) is 14.1. The first kappa shape index (κ1) is 15.4. The molecule has 19 heavy (non-hydrogen) atoms. The van der Waals surface area contributed by atoms with Gasteiger partial charge in [-0.05, 0) is 19.5 Å². The summed E-state index contributed by atoms with van der Waals surface area (Å²) in [5.74, 6) is 0.653. The van der Waals surface area contributed by atoms with Gasteiger partial charge in [0.2, 0.25) is 0 Å². The van der Waals surface area contributed by atoms with E-state index < -0.39 is 4.92 Å². The predicted molar refractivity (Wildman–Crippen MR) is 72.5 cm³/mol. The van der Waals surface area contributed by atoms with Gasteiger partial charge in [0, 0.05) is 30.8 Å². The lowest BCUT2D eigenvalue weighted by molar-refractivity contribution is -0.384. The molecule has 0 aromatic heterocycles. The van der Waals surface area contributed by atoms with Crippen molar-refractivity contribution in [1.82, 2.24) is 5.32 Å². The van der Waals surface area contributed by atoms with Crippen molar-refractivity contribution in [2.75, 3.05) is 26.9 Å². The number of rotatable bonds is 9. The van der Waals surface area contributed by atoms with E-state index in [0.29, 0.717) is 32.1 Å². The van der Waals surface area contributed by atoms with Crippen LogP contribution in [-0.4, -0.2) is 31.8 Å². The van der Waals surface area contributed by atoms with Gasteiger partial charge in [0.25, 0.3) is 5.69 Å². The maximum Gasteiger partial charge on any atom is 0.270 e. The van der Waals surface area contributed by atoms with E-state index in [0.717, 1.165) is 12.0 Å². The highest BCUT2D eigenvalue weighted by atomic mass is 16.6. The van der Waals surface area contributed by atoms with Crippen molar-refractivity contribution in [2.24, 2.45) is 0 Å². The van der Waals surface area contributed by atoms with Crippen LogP contribution in [0.1, 0.15) is 18.9 Å². The van der Waals surface area contributed by atoms with E-state index in [1.807, 2.05) is 6.92 Å². The second-order valence-corrected chi connectivity index (χ2v) is 4.04. The number of hydrogen-bond donors (Lipinski definition) is 1. The third kappa shape index (κ3) is 5.23. The second-order valence-electron chi connectivity index (χ2n) is 4.04. The van der Waals surface area contributed by atoms with Crippen molar-refractivity contribution < 1.29 is 14.4 Å². The number of nitrogens with zero attached hydrogens (tertiary/aromatic N) is 1. The Balaban J connectivity index is 2.62. The van der Waals surface area contributed by atoms with Crippen LogP contribution >= 0.6 is 0 Å². The van der Waals surface area contributed by atoms with Gasteiger partial charge in [-0.2, -0.15) is 0 Å². The van der Waals surface area contributed by atoms with Gasteiger partial charge in [-0.15, -0.1) is 0 Å². The quantitative estimate of drug-likeness (QED) is 0.422. The van der Waals surface area contributed by atoms with Crippen molar-refractivity contribution in [1.29, 1.82) is 0 Å². The number of benzene rings is 1. The topological polar surface area (TPSA) is 73.6 Å². The molecule has 0 saturated carbocycles. The zero-order valence-electron chi connectivity index (χ0n) is 11.3. The molecule has 0 unspecified atom stereocenters. The summed E-state index contributed by atoms with van der Waals surface area (Å²) in [4.78, 5) is 10.3. The first-order valence-electron chi connectivity index (χ1n) is 6.31. The number of nitro benzene ring substituents is 1. The Hall–Kier alpha value is -1.66. The molecule has 1 aromatic carbocycles. The third-order valence-corrected chi connectivity index (χ3v) is 2.46. The van der Waals surface area contributed by atoms with Gasteiger partial charge in [0.1, 0.15) is 12.4 Å². The van der Waals surface area contributed by atoms with Crippen molar-refractivity contribution >= 4 is 5.69 Å². The molecule has 1 rings (SSSR count). The van der Waals surface area contributed by atoms with Gasteiger partial charge in [-0.25, -0.2) is 0 Å². The molecule has 6 nitrogen and oxygen atoms in total. The summed E-state index contributed by atoms with van der Waals surface area (Å²) in [7, 11) is 1.78. The molecule has 1 aromatic rings. The number of nitrogens with one attached hydrogen (secondary N) is 1. The lowest BCUT2D eigenvalue weighted by Gasteiger charge is -2.11. The summed E-state index contributed by atoms with van der Waals surface area (Å²) in [6.45, 7) is 4.24. The molecule has 0 aliphatic carbocycles. The maximum absolute atomic E-state index is 10.7.